The van der Waals surface area contributed by atoms with Gasteiger partial charge in [0, 0.05) is 0 Å². The molecular formula is C21H25NO2. The Morgan fingerprint density at radius 2 is 1.88 bits per heavy atom. The number of rotatable bonds is 6. The van der Waals surface area contributed by atoms with Crippen LogP contribution in [0, 0.1) is 0 Å². The summed E-state index contributed by atoms with van der Waals surface area (Å²) in [5, 5.41) is 3.07. The number of amides is 1. The van der Waals surface area contributed by atoms with Crippen LogP contribution < -0.4 is 10.1 Å². The summed E-state index contributed by atoms with van der Waals surface area (Å²) >= 11 is 0. The summed E-state index contributed by atoms with van der Waals surface area (Å²) in [6.45, 7) is 2.15. The molecule has 3 heteroatoms. The lowest BCUT2D eigenvalue weighted by molar-refractivity contribution is -0.123. The Hall–Kier alpha value is -2.29. The number of ether oxygens (including phenoxy) is 1. The first-order valence-corrected chi connectivity index (χ1v) is 8.85. The van der Waals surface area contributed by atoms with Crippen molar-refractivity contribution in [3.05, 3.63) is 65.2 Å². The Labute approximate surface area is 144 Å². The maximum atomic E-state index is 12.3. The predicted octanol–water partition coefficient (Wildman–Crippen LogP) is 4.21. The van der Waals surface area contributed by atoms with Crippen LogP contribution in [-0.4, -0.2) is 12.5 Å². The Bertz CT molecular complexity index is 681. The second-order valence-corrected chi connectivity index (χ2v) is 6.33. The van der Waals surface area contributed by atoms with Gasteiger partial charge in [-0.05, 0) is 54.9 Å². The Morgan fingerprint density at radius 3 is 2.67 bits per heavy atom. The van der Waals surface area contributed by atoms with E-state index in [1.54, 1.807) is 0 Å². The number of hydrogen-bond donors (Lipinski definition) is 1. The lowest BCUT2D eigenvalue weighted by Gasteiger charge is -2.20. The van der Waals surface area contributed by atoms with Crippen molar-refractivity contribution < 1.29 is 9.53 Å². The number of nitrogens with one attached hydrogen (secondary N) is 1. The highest BCUT2D eigenvalue weighted by molar-refractivity contribution is 5.78. The molecule has 0 unspecified atom stereocenters. The minimum absolute atomic E-state index is 0.0342. The van der Waals surface area contributed by atoms with Gasteiger partial charge in [-0.3, -0.25) is 4.79 Å². The lowest BCUT2D eigenvalue weighted by atomic mass is 9.91. The van der Waals surface area contributed by atoms with Crippen molar-refractivity contribution in [2.75, 3.05) is 6.61 Å². The van der Waals surface area contributed by atoms with E-state index in [4.69, 9.17) is 4.74 Å². The van der Waals surface area contributed by atoms with Crippen LogP contribution in [0.4, 0.5) is 0 Å². The summed E-state index contributed by atoms with van der Waals surface area (Å²) in [5.74, 6) is 0.800. The molecule has 0 aliphatic heterocycles. The molecular weight excluding hydrogens is 298 g/mol. The molecule has 24 heavy (non-hydrogen) atoms. The number of carbonyl (C=O) groups is 1. The van der Waals surface area contributed by atoms with E-state index in [1.165, 1.54) is 24.0 Å². The van der Waals surface area contributed by atoms with Crippen molar-refractivity contribution >= 4 is 5.91 Å². The molecule has 3 nitrogen and oxygen atoms in total. The van der Waals surface area contributed by atoms with Crippen molar-refractivity contribution in [2.45, 2.75) is 45.1 Å². The standard InChI is InChI=1S/C21H25NO2/c1-2-19(17-10-4-3-5-11-17)22-21(23)15-24-20-14-8-12-16-9-6-7-13-18(16)20/h3-5,8,10-12,14,19H,2,6-7,9,13,15H2,1H3,(H,22,23)/t19-/m0/s1. The second-order valence-electron chi connectivity index (χ2n) is 6.33. The molecule has 2 aromatic rings. The van der Waals surface area contributed by atoms with E-state index in [2.05, 4.69) is 18.3 Å². The molecule has 0 fully saturated rings. The molecule has 1 aliphatic rings. The van der Waals surface area contributed by atoms with Gasteiger partial charge in [-0.15, -0.1) is 0 Å². The van der Waals surface area contributed by atoms with E-state index in [0.717, 1.165) is 30.6 Å². The van der Waals surface area contributed by atoms with Gasteiger partial charge in [0.1, 0.15) is 5.75 Å². The van der Waals surface area contributed by atoms with E-state index >= 15 is 0 Å². The van der Waals surface area contributed by atoms with Crippen molar-refractivity contribution in [1.82, 2.24) is 5.32 Å². The molecule has 0 radical (unpaired) electrons. The van der Waals surface area contributed by atoms with Crippen LogP contribution in [0.2, 0.25) is 0 Å². The van der Waals surface area contributed by atoms with Gasteiger partial charge in [-0.25, -0.2) is 0 Å². The van der Waals surface area contributed by atoms with Crippen LogP contribution in [0.25, 0.3) is 0 Å². The zero-order valence-electron chi connectivity index (χ0n) is 14.3. The molecule has 0 saturated heterocycles. The van der Waals surface area contributed by atoms with Crippen molar-refractivity contribution in [3.8, 4) is 5.75 Å². The van der Waals surface area contributed by atoms with Gasteiger partial charge >= 0.3 is 0 Å². The number of fused-ring (bicyclic) bond motifs is 1. The van der Waals surface area contributed by atoms with Gasteiger partial charge < -0.3 is 10.1 Å². The van der Waals surface area contributed by atoms with E-state index in [9.17, 15) is 4.79 Å². The molecule has 0 aromatic heterocycles. The molecule has 2 aromatic carbocycles. The van der Waals surface area contributed by atoms with E-state index in [0.29, 0.717) is 0 Å². The number of benzene rings is 2. The highest BCUT2D eigenvalue weighted by Crippen LogP contribution is 2.29. The van der Waals surface area contributed by atoms with Crippen molar-refractivity contribution in [1.29, 1.82) is 0 Å². The maximum absolute atomic E-state index is 12.3. The van der Waals surface area contributed by atoms with Crippen molar-refractivity contribution in [3.63, 3.8) is 0 Å². The first-order valence-electron chi connectivity index (χ1n) is 8.85. The molecule has 126 valence electrons. The molecule has 0 bridgehead atoms. The average molecular weight is 323 g/mol. The predicted molar refractivity (Wildman–Crippen MR) is 96.2 cm³/mol. The Balaban J connectivity index is 1.60. The van der Waals surface area contributed by atoms with Gasteiger partial charge in [-0.2, -0.15) is 0 Å². The number of hydrogen-bond acceptors (Lipinski definition) is 2. The number of aryl methyl sites for hydroxylation is 1. The van der Waals surface area contributed by atoms with E-state index in [1.807, 2.05) is 42.5 Å². The molecule has 0 heterocycles. The largest absolute Gasteiger partial charge is 0.483 e. The Morgan fingerprint density at radius 1 is 1.08 bits per heavy atom. The van der Waals surface area contributed by atoms with E-state index in [-0.39, 0.29) is 18.6 Å². The molecule has 1 N–H and O–H groups in total. The molecule has 1 atom stereocenters. The summed E-state index contributed by atoms with van der Waals surface area (Å²) in [6, 6.07) is 16.3. The van der Waals surface area contributed by atoms with Gasteiger partial charge in [0.2, 0.25) is 0 Å². The number of carbonyl (C=O) groups excluding carboxylic acids is 1. The molecule has 3 rings (SSSR count). The first kappa shape index (κ1) is 16.6. The van der Waals surface area contributed by atoms with Crippen LogP contribution in [-0.2, 0) is 17.6 Å². The minimum Gasteiger partial charge on any atom is -0.483 e. The maximum Gasteiger partial charge on any atom is 0.258 e. The van der Waals surface area contributed by atoms with E-state index < -0.39 is 0 Å². The normalized spacial score (nSPS) is 14.5. The fourth-order valence-electron chi connectivity index (χ4n) is 3.37. The third-order valence-corrected chi connectivity index (χ3v) is 4.66. The van der Waals surface area contributed by atoms with Crippen molar-refractivity contribution in [2.24, 2.45) is 0 Å². The summed E-state index contributed by atoms with van der Waals surface area (Å²) in [6.07, 6.45) is 5.47. The third kappa shape index (κ3) is 3.97. The monoisotopic (exact) mass is 323 g/mol. The highest BCUT2D eigenvalue weighted by atomic mass is 16.5. The summed E-state index contributed by atoms with van der Waals surface area (Å²) in [5.41, 5.74) is 3.78. The summed E-state index contributed by atoms with van der Waals surface area (Å²) in [4.78, 5) is 12.3. The zero-order chi connectivity index (χ0) is 16.8. The summed E-state index contributed by atoms with van der Waals surface area (Å²) in [7, 11) is 0. The van der Waals surface area contributed by atoms with Crippen LogP contribution >= 0.6 is 0 Å². The topological polar surface area (TPSA) is 38.3 Å². The molecule has 1 amide bonds. The molecule has 1 aliphatic carbocycles. The van der Waals surface area contributed by atoms with Crippen LogP contribution in [0.15, 0.2) is 48.5 Å². The molecule has 0 saturated carbocycles. The van der Waals surface area contributed by atoms with Gasteiger partial charge in [0.25, 0.3) is 5.91 Å². The van der Waals surface area contributed by atoms with Crippen LogP contribution in [0.5, 0.6) is 5.75 Å². The Kier molecular flexibility index (Phi) is 5.52. The second kappa shape index (κ2) is 8.00. The first-order chi connectivity index (χ1) is 11.8. The SMILES string of the molecule is CC[C@H](NC(=O)COc1cccc2c1CCCC2)c1ccccc1. The lowest BCUT2D eigenvalue weighted by Crippen LogP contribution is -2.32. The summed E-state index contributed by atoms with van der Waals surface area (Å²) < 4.78 is 5.84. The van der Waals surface area contributed by atoms with Crippen LogP contribution in [0.1, 0.15) is 48.9 Å². The molecule has 0 spiro atoms. The third-order valence-electron chi connectivity index (χ3n) is 4.66. The van der Waals surface area contributed by atoms with Gasteiger partial charge in [0.15, 0.2) is 6.61 Å². The van der Waals surface area contributed by atoms with Crippen LogP contribution in [0.3, 0.4) is 0 Å². The quantitative estimate of drug-likeness (QED) is 0.865. The zero-order valence-corrected chi connectivity index (χ0v) is 14.3. The smallest absolute Gasteiger partial charge is 0.258 e. The minimum atomic E-state index is -0.0703. The van der Waals surface area contributed by atoms with Gasteiger partial charge in [-0.1, -0.05) is 49.4 Å². The average Bonchev–Trinajstić information content (AvgIpc) is 2.65. The fourth-order valence-corrected chi connectivity index (χ4v) is 3.37. The van der Waals surface area contributed by atoms with Gasteiger partial charge in [0.05, 0.1) is 6.04 Å². The fraction of sp³-hybridized carbons (Fsp3) is 0.381. The highest BCUT2D eigenvalue weighted by Gasteiger charge is 2.16.